The number of piperazine rings is 1. The summed E-state index contributed by atoms with van der Waals surface area (Å²) in [5.74, 6) is 0.638. The van der Waals surface area contributed by atoms with Crippen molar-refractivity contribution in [1.29, 1.82) is 0 Å². The van der Waals surface area contributed by atoms with Crippen molar-refractivity contribution in [3.05, 3.63) is 69.5 Å². The summed E-state index contributed by atoms with van der Waals surface area (Å²) in [5.41, 5.74) is 2.83. The van der Waals surface area contributed by atoms with E-state index >= 15 is 0 Å². The van der Waals surface area contributed by atoms with Crippen LogP contribution in [0.15, 0.2) is 48.5 Å². The average Bonchev–Trinajstić information content (AvgIpc) is 3.10. The van der Waals surface area contributed by atoms with E-state index in [2.05, 4.69) is 26.7 Å². The second-order valence-electron chi connectivity index (χ2n) is 7.46. The molecule has 1 aliphatic heterocycles. The van der Waals surface area contributed by atoms with Crippen LogP contribution in [0.1, 0.15) is 4.88 Å². The molecule has 0 N–H and O–H groups in total. The van der Waals surface area contributed by atoms with Gasteiger partial charge in [0.25, 0.3) is 0 Å². The maximum Gasteiger partial charge on any atom is 0.225 e. The monoisotopic (exact) mass is 472 g/mol. The van der Waals surface area contributed by atoms with Gasteiger partial charge in [-0.2, -0.15) is 4.98 Å². The van der Waals surface area contributed by atoms with Crippen molar-refractivity contribution in [2.45, 2.75) is 6.92 Å². The summed E-state index contributed by atoms with van der Waals surface area (Å²) in [4.78, 5) is 15.4. The fourth-order valence-corrected chi connectivity index (χ4v) is 5.51. The topological polar surface area (TPSA) is 32.3 Å². The zero-order valence-electron chi connectivity index (χ0n) is 16.8. The van der Waals surface area contributed by atoms with Crippen molar-refractivity contribution in [2.75, 3.05) is 36.0 Å². The van der Waals surface area contributed by atoms with Crippen LogP contribution in [0.25, 0.3) is 21.3 Å². The summed E-state index contributed by atoms with van der Waals surface area (Å²) in [5, 5.41) is 1.95. The second kappa shape index (κ2) is 8.26. The molecular weight excluding hydrogens is 454 g/mol. The van der Waals surface area contributed by atoms with E-state index in [9.17, 15) is 4.39 Å². The molecule has 0 unspecified atom stereocenters. The van der Waals surface area contributed by atoms with Gasteiger partial charge < -0.3 is 9.80 Å². The van der Waals surface area contributed by atoms with Crippen LogP contribution < -0.4 is 9.80 Å². The van der Waals surface area contributed by atoms with Gasteiger partial charge in [-0.3, -0.25) is 0 Å². The van der Waals surface area contributed by atoms with Crippen molar-refractivity contribution in [1.82, 2.24) is 9.97 Å². The van der Waals surface area contributed by atoms with Crippen LogP contribution in [-0.4, -0.2) is 36.1 Å². The van der Waals surface area contributed by atoms with E-state index in [0.717, 1.165) is 32.0 Å². The number of thiophene rings is 1. The first kappa shape index (κ1) is 20.5. The molecule has 5 rings (SSSR count). The summed E-state index contributed by atoms with van der Waals surface area (Å²) in [7, 11) is 0. The van der Waals surface area contributed by atoms with E-state index in [4.69, 9.17) is 23.2 Å². The third-order valence-electron chi connectivity index (χ3n) is 5.59. The number of aryl methyl sites for hydroxylation is 1. The molecule has 1 fully saturated rings. The number of hydrogen-bond acceptors (Lipinski definition) is 5. The number of hydrogen-bond donors (Lipinski definition) is 0. The summed E-state index contributed by atoms with van der Waals surface area (Å²) < 4.78 is 14.2. The molecule has 0 saturated carbocycles. The van der Waals surface area contributed by atoms with Gasteiger partial charge in [-0.1, -0.05) is 35.9 Å². The summed E-state index contributed by atoms with van der Waals surface area (Å²) >= 11 is 14.0. The average molecular weight is 473 g/mol. The molecule has 4 aromatic rings. The second-order valence-corrected chi connectivity index (χ2v) is 9.44. The highest BCUT2D eigenvalue weighted by molar-refractivity contribution is 7.19. The van der Waals surface area contributed by atoms with Crippen LogP contribution in [0.4, 0.5) is 15.9 Å². The van der Waals surface area contributed by atoms with E-state index in [1.165, 1.54) is 6.07 Å². The van der Waals surface area contributed by atoms with Crippen LogP contribution in [-0.2, 0) is 0 Å². The lowest BCUT2D eigenvalue weighted by molar-refractivity contribution is 0.596. The first-order valence-corrected chi connectivity index (χ1v) is 11.6. The number of rotatable bonds is 3. The number of benzene rings is 2. The van der Waals surface area contributed by atoms with Gasteiger partial charge in [0.05, 0.1) is 11.1 Å². The molecule has 0 aliphatic carbocycles. The van der Waals surface area contributed by atoms with E-state index in [-0.39, 0.29) is 11.1 Å². The number of fused-ring (bicyclic) bond motifs is 1. The van der Waals surface area contributed by atoms with Gasteiger partial charge >= 0.3 is 0 Å². The lowest BCUT2D eigenvalue weighted by atomic mass is 10.0. The number of para-hydroxylation sites is 1. The molecule has 0 radical (unpaired) electrons. The Morgan fingerprint density at radius 2 is 1.58 bits per heavy atom. The molecule has 2 aromatic heterocycles. The van der Waals surface area contributed by atoms with Crippen LogP contribution in [0.2, 0.25) is 10.3 Å². The summed E-state index contributed by atoms with van der Waals surface area (Å²) in [6.07, 6.45) is 0. The molecule has 0 amide bonds. The Balaban J connectivity index is 1.53. The minimum absolute atomic E-state index is 0.193. The number of aromatic nitrogens is 2. The zero-order valence-corrected chi connectivity index (χ0v) is 19.1. The molecule has 31 heavy (non-hydrogen) atoms. The standard InChI is InChI=1S/C23H19Cl2FN4S/c1-14-19(15-6-8-16(24)9-7-15)20-21(27-23(25)28-22(20)31-14)30-12-10-29(11-13-30)18-5-3-2-4-17(18)26/h2-9H,10-13H2,1H3. The molecule has 3 heterocycles. The Kier molecular flexibility index (Phi) is 5.46. The number of nitrogens with zero attached hydrogens (tertiary/aromatic N) is 4. The maximum absolute atomic E-state index is 14.2. The fourth-order valence-electron chi connectivity index (χ4n) is 4.13. The zero-order chi connectivity index (χ0) is 21.5. The third-order valence-corrected chi connectivity index (χ3v) is 7.01. The quantitative estimate of drug-likeness (QED) is 0.321. The fraction of sp³-hybridized carbons (Fsp3) is 0.217. The highest BCUT2D eigenvalue weighted by atomic mass is 35.5. The SMILES string of the molecule is Cc1sc2nc(Cl)nc(N3CCN(c4ccccc4F)CC3)c2c1-c1ccc(Cl)cc1. The number of halogens is 3. The Bertz CT molecular complexity index is 1250. The predicted molar refractivity (Wildman–Crippen MR) is 128 cm³/mol. The van der Waals surface area contributed by atoms with E-state index in [0.29, 0.717) is 36.9 Å². The molecule has 158 valence electrons. The smallest absolute Gasteiger partial charge is 0.225 e. The van der Waals surface area contributed by atoms with Gasteiger partial charge in [0, 0.05) is 41.6 Å². The van der Waals surface area contributed by atoms with Gasteiger partial charge in [0.1, 0.15) is 16.5 Å². The number of anilines is 2. The minimum Gasteiger partial charge on any atom is -0.366 e. The van der Waals surface area contributed by atoms with E-state index < -0.39 is 0 Å². The largest absolute Gasteiger partial charge is 0.366 e. The molecule has 0 bridgehead atoms. The van der Waals surface area contributed by atoms with Crippen molar-refractivity contribution in [3.8, 4) is 11.1 Å². The van der Waals surface area contributed by atoms with Gasteiger partial charge in [-0.05, 0) is 48.4 Å². The molecule has 1 saturated heterocycles. The molecule has 8 heteroatoms. The maximum atomic E-state index is 14.2. The van der Waals surface area contributed by atoms with Crippen molar-refractivity contribution < 1.29 is 4.39 Å². The van der Waals surface area contributed by atoms with Crippen LogP contribution in [0.5, 0.6) is 0 Å². The van der Waals surface area contributed by atoms with Gasteiger partial charge in [0.2, 0.25) is 5.28 Å². The van der Waals surface area contributed by atoms with Crippen LogP contribution in [0.3, 0.4) is 0 Å². The highest BCUT2D eigenvalue weighted by Crippen LogP contribution is 2.42. The Hall–Kier alpha value is -2.41. The molecule has 2 aromatic carbocycles. The minimum atomic E-state index is -0.193. The van der Waals surface area contributed by atoms with E-state index in [1.54, 1.807) is 17.4 Å². The lowest BCUT2D eigenvalue weighted by Gasteiger charge is -2.37. The molecular formula is C23H19Cl2FN4S. The van der Waals surface area contributed by atoms with Crippen molar-refractivity contribution >= 4 is 56.3 Å². The third kappa shape index (κ3) is 3.84. The first-order chi connectivity index (χ1) is 15.0. The molecule has 1 aliphatic rings. The Morgan fingerprint density at radius 3 is 2.29 bits per heavy atom. The Morgan fingerprint density at radius 1 is 0.903 bits per heavy atom. The highest BCUT2D eigenvalue weighted by Gasteiger charge is 2.25. The summed E-state index contributed by atoms with van der Waals surface area (Å²) in [6.45, 7) is 4.91. The molecule has 0 atom stereocenters. The molecule has 0 spiro atoms. The first-order valence-electron chi connectivity index (χ1n) is 9.98. The van der Waals surface area contributed by atoms with Gasteiger partial charge in [-0.25, -0.2) is 9.37 Å². The van der Waals surface area contributed by atoms with Crippen LogP contribution in [0, 0.1) is 12.7 Å². The molecule has 4 nitrogen and oxygen atoms in total. The van der Waals surface area contributed by atoms with Crippen LogP contribution >= 0.6 is 34.5 Å². The van der Waals surface area contributed by atoms with Crippen molar-refractivity contribution in [2.24, 2.45) is 0 Å². The lowest BCUT2D eigenvalue weighted by Crippen LogP contribution is -2.47. The van der Waals surface area contributed by atoms with E-state index in [1.807, 2.05) is 36.4 Å². The van der Waals surface area contributed by atoms with Crippen molar-refractivity contribution in [3.63, 3.8) is 0 Å². The predicted octanol–water partition coefficient (Wildman–Crippen LogP) is 6.44. The van der Waals surface area contributed by atoms with Gasteiger partial charge in [0.15, 0.2) is 0 Å². The van der Waals surface area contributed by atoms with Gasteiger partial charge in [-0.15, -0.1) is 11.3 Å². The normalized spacial score (nSPS) is 14.5. The summed E-state index contributed by atoms with van der Waals surface area (Å²) in [6, 6.07) is 14.7. The Labute approximate surface area is 193 Å².